The van der Waals surface area contributed by atoms with Crippen LogP contribution in [-0.4, -0.2) is 112 Å². The van der Waals surface area contributed by atoms with E-state index in [9.17, 15) is 44.1 Å². The third-order valence-electron chi connectivity index (χ3n) is 5.87. The van der Waals surface area contributed by atoms with Crippen molar-refractivity contribution in [3.63, 3.8) is 0 Å². The van der Waals surface area contributed by atoms with Crippen LogP contribution in [0.15, 0.2) is 24.8 Å². The molecule has 0 aliphatic carbocycles. The molecule has 0 radical (unpaired) electrons. The molecule has 0 amide bonds. The molecule has 0 bridgehead atoms. The van der Waals surface area contributed by atoms with Gasteiger partial charge in [-0.15, -0.1) is 0 Å². The molecule has 41 heavy (non-hydrogen) atoms. The summed E-state index contributed by atoms with van der Waals surface area (Å²) in [7, 11) is -10.8. The standard InChI is InChI=1S/C19H27N5O15P2/c1-2-3-10(25)38-15-9(37-19(29)14(15)28)5-35-41(32,33)39-40(30,31)34-4-8-12(26)13(27)18(36-8)24-7-23-11-16(20)21-6-22-17(11)24/h2-3,6-9,12-15,18-19,26-29H,4-5H2,1H3,(H,30,31)(H,32,33)(H2,20,21,22)/b3-2+/t8-,9+,12-,13-,14+,15+,18-,19?/m1/s1. The molecule has 2 aromatic rings. The first-order valence-corrected chi connectivity index (χ1v) is 14.7. The van der Waals surface area contributed by atoms with Crippen LogP contribution in [0.3, 0.4) is 0 Å². The number of aliphatic hydroxyl groups excluding tert-OH is 4. The number of nitrogen functional groups attached to an aromatic ring is 1. The zero-order valence-corrected chi connectivity index (χ0v) is 22.7. The predicted molar refractivity (Wildman–Crippen MR) is 130 cm³/mol. The van der Waals surface area contributed by atoms with Crippen molar-refractivity contribution in [3.05, 3.63) is 24.8 Å². The maximum Gasteiger partial charge on any atom is 0.481 e. The van der Waals surface area contributed by atoms with Gasteiger partial charge in [0.1, 0.15) is 42.4 Å². The molecule has 2 aliphatic heterocycles. The molecule has 0 spiro atoms. The molecule has 0 saturated carbocycles. The molecule has 4 rings (SSSR count). The molecule has 10 atom stereocenters. The van der Waals surface area contributed by atoms with Gasteiger partial charge in [0.25, 0.3) is 0 Å². The Morgan fingerprint density at radius 2 is 1.68 bits per heavy atom. The maximum absolute atomic E-state index is 12.3. The molecule has 2 saturated heterocycles. The molecule has 3 unspecified atom stereocenters. The number of rotatable bonds is 11. The molecular formula is C19H27N5O15P2. The topological polar surface area (TPSA) is 298 Å². The largest absolute Gasteiger partial charge is 0.481 e. The molecule has 8 N–H and O–H groups in total. The first kappa shape index (κ1) is 31.5. The van der Waals surface area contributed by atoms with E-state index >= 15 is 0 Å². The lowest BCUT2D eigenvalue weighted by Gasteiger charge is -2.22. The van der Waals surface area contributed by atoms with E-state index in [1.165, 1.54) is 23.9 Å². The van der Waals surface area contributed by atoms with Gasteiger partial charge in [-0.1, -0.05) is 6.08 Å². The number of esters is 1. The van der Waals surface area contributed by atoms with Gasteiger partial charge in [0.05, 0.1) is 19.5 Å². The van der Waals surface area contributed by atoms with Gasteiger partial charge in [-0.25, -0.2) is 28.9 Å². The van der Waals surface area contributed by atoms with E-state index in [-0.39, 0.29) is 17.0 Å². The predicted octanol–water partition coefficient (Wildman–Crippen LogP) is -2.16. The molecule has 2 aliphatic rings. The van der Waals surface area contributed by atoms with E-state index in [2.05, 4.69) is 28.3 Å². The lowest BCUT2D eigenvalue weighted by atomic mass is 10.1. The molecule has 22 heteroatoms. The number of nitrogens with zero attached hydrogens (tertiary/aromatic N) is 4. The highest BCUT2D eigenvalue weighted by molar-refractivity contribution is 7.61. The zero-order chi connectivity index (χ0) is 30.1. The maximum atomic E-state index is 12.3. The number of anilines is 1. The number of allylic oxidation sites excluding steroid dienone is 1. The molecule has 4 heterocycles. The number of hydrogen-bond donors (Lipinski definition) is 7. The highest BCUT2D eigenvalue weighted by atomic mass is 31.3. The lowest BCUT2D eigenvalue weighted by Crippen LogP contribution is -2.38. The van der Waals surface area contributed by atoms with Gasteiger partial charge < -0.3 is 50.2 Å². The number of carbonyl (C=O) groups excluding carboxylic acids is 1. The number of carbonyl (C=O) groups is 1. The Morgan fingerprint density at radius 1 is 1.02 bits per heavy atom. The van der Waals surface area contributed by atoms with Gasteiger partial charge in [0.15, 0.2) is 30.1 Å². The smallest absolute Gasteiger partial charge is 0.453 e. The van der Waals surface area contributed by atoms with Crippen molar-refractivity contribution in [1.82, 2.24) is 19.5 Å². The van der Waals surface area contributed by atoms with Gasteiger partial charge in [-0.3, -0.25) is 13.6 Å². The van der Waals surface area contributed by atoms with Crippen molar-refractivity contribution in [2.75, 3.05) is 18.9 Å². The third kappa shape index (κ3) is 7.15. The summed E-state index contributed by atoms with van der Waals surface area (Å²) in [6.07, 6.45) is -7.83. The summed E-state index contributed by atoms with van der Waals surface area (Å²) in [6.45, 7) is -0.333. The molecular weight excluding hydrogens is 600 g/mol. The van der Waals surface area contributed by atoms with Crippen LogP contribution in [-0.2, 0) is 41.5 Å². The summed E-state index contributed by atoms with van der Waals surface area (Å²) >= 11 is 0. The Kier molecular flexibility index (Phi) is 9.56. The summed E-state index contributed by atoms with van der Waals surface area (Å²) in [6, 6.07) is 0. The third-order valence-corrected chi connectivity index (χ3v) is 8.47. The highest BCUT2D eigenvalue weighted by Gasteiger charge is 2.48. The quantitative estimate of drug-likeness (QED) is 0.0793. The van der Waals surface area contributed by atoms with Crippen molar-refractivity contribution in [2.24, 2.45) is 0 Å². The Bertz CT molecular complexity index is 1380. The highest BCUT2D eigenvalue weighted by Crippen LogP contribution is 2.60. The molecule has 20 nitrogen and oxygen atoms in total. The monoisotopic (exact) mass is 627 g/mol. The van der Waals surface area contributed by atoms with Crippen molar-refractivity contribution in [1.29, 1.82) is 0 Å². The minimum absolute atomic E-state index is 0.0488. The van der Waals surface area contributed by atoms with Crippen LogP contribution in [0.2, 0.25) is 0 Å². The second-order valence-electron chi connectivity index (χ2n) is 8.70. The zero-order valence-electron chi connectivity index (χ0n) is 21.0. The SMILES string of the molecule is C/C=C/C(=O)O[C@H]1[C@H](COP(=O)(O)OP(=O)(O)OC[C@H]2O[C@@H](n3cnc4c(N)ncnc43)[C@H](O)[C@@H]2O)OC(O)[C@H]1O. The van der Waals surface area contributed by atoms with Crippen LogP contribution in [0, 0.1) is 0 Å². The van der Waals surface area contributed by atoms with E-state index in [1.807, 2.05) is 0 Å². The molecule has 0 aromatic carbocycles. The summed E-state index contributed by atoms with van der Waals surface area (Å²) in [4.78, 5) is 43.4. The summed E-state index contributed by atoms with van der Waals surface area (Å²) < 4.78 is 54.8. The van der Waals surface area contributed by atoms with Crippen LogP contribution in [0.25, 0.3) is 11.2 Å². The van der Waals surface area contributed by atoms with Crippen molar-refractivity contribution >= 4 is 38.6 Å². The average molecular weight is 627 g/mol. The number of hydrogen-bond acceptors (Lipinski definition) is 17. The number of aliphatic hydroxyl groups is 4. The summed E-state index contributed by atoms with van der Waals surface area (Å²) in [5.74, 6) is -0.869. The average Bonchev–Trinajstić information content (AvgIpc) is 3.52. The summed E-state index contributed by atoms with van der Waals surface area (Å²) in [5.41, 5.74) is 6.09. The Hall–Kier alpha value is -2.42. The van der Waals surface area contributed by atoms with Gasteiger partial charge in [0, 0.05) is 6.08 Å². The van der Waals surface area contributed by atoms with Gasteiger partial charge in [-0.05, 0) is 6.92 Å². The first-order chi connectivity index (χ1) is 19.2. The van der Waals surface area contributed by atoms with E-state index in [1.54, 1.807) is 0 Å². The number of fused-ring (bicyclic) bond motifs is 1. The first-order valence-electron chi connectivity index (χ1n) is 11.7. The lowest BCUT2D eigenvalue weighted by molar-refractivity contribution is -0.150. The fraction of sp³-hybridized carbons (Fsp3) is 0.579. The Labute approximate surface area is 230 Å². The number of aromatic nitrogens is 4. The van der Waals surface area contributed by atoms with Gasteiger partial charge >= 0.3 is 21.6 Å². The van der Waals surface area contributed by atoms with Gasteiger partial charge in [-0.2, -0.15) is 4.31 Å². The molecule has 228 valence electrons. The fourth-order valence-electron chi connectivity index (χ4n) is 3.97. The number of phosphoric acid groups is 2. The van der Waals surface area contributed by atoms with Crippen LogP contribution in [0.4, 0.5) is 5.82 Å². The van der Waals surface area contributed by atoms with Crippen LogP contribution in [0.5, 0.6) is 0 Å². The van der Waals surface area contributed by atoms with Crippen LogP contribution in [0.1, 0.15) is 13.2 Å². The minimum atomic E-state index is -5.38. The van der Waals surface area contributed by atoms with Crippen molar-refractivity contribution < 1.29 is 71.7 Å². The van der Waals surface area contributed by atoms with E-state index in [0.29, 0.717) is 0 Å². The second-order valence-corrected chi connectivity index (χ2v) is 11.7. The van der Waals surface area contributed by atoms with Crippen LogP contribution >= 0.6 is 15.6 Å². The molecule has 2 aromatic heterocycles. The van der Waals surface area contributed by atoms with Crippen LogP contribution < -0.4 is 5.73 Å². The van der Waals surface area contributed by atoms with E-state index in [0.717, 1.165) is 12.4 Å². The van der Waals surface area contributed by atoms with Crippen molar-refractivity contribution in [3.8, 4) is 0 Å². The van der Waals surface area contributed by atoms with E-state index in [4.69, 9.17) is 19.9 Å². The normalized spacial score (nSPS) is 33.2. The Morgan fingerprint density at radius 3 is 2.34 bits per heavy atom. The molecule has 2 fully saturated rings. The number of nitrogens with two attached hydrogens (primary N) is 1. The number of phosphoric ester groups is 2. The minimum Gasteiger partial charge on any atom is -0.453 e. The summed E-state index contributed by atoms with van der Waals surface area (Å²) in [5, 5.41) is 40.5. The number of ether oxygens (including phenoxy) is 3. The van der Waals surface area contributed by atoms with E-state index < -0.39 is 84.0 Å². The van der Waals surface area contributed by atoms with Gasteiger partial charge in [0.2, 0.25) is 0 Å². The number of imidazole rings is 1. The Balaban J connectivity index is 1.33. The van der Waals surface area contributed by atoms with Crippen molar-refractivity contribution in [2.45, 2.75) is 56.1 Å². The second kappa shape index (κ2) is 12.4. The fourth-order valence-corrected chi connectivity index (χ4v) is 6.07.